The molecule has 0 bridgehead atoms. The first-order valence-electron chi connectivity index (χ1n) is 13.2. The summed E-state index contributed by atoms with van der Waals surface area (Å²) in [6.45, 7) is 9.63. The van der Waals surface area contributed by atoms with Crippen LogP contribution in [0.3, 0.4) is 0 Å². The Balaban J connectivity index is 1.51. The molecule has 1 aliphatic rings. The first-order valence-corrected chi connectivity index (χ1v) is 13.2. The van der Waals surface area contributed by atoms with Gasteiger partial charge in [-0.15, -0.1) is 0 Å². The molecule has 1 aliphatic heterocycles. The molecule has 5 aromatic rings. The van der Waals surface area contributed by atoms with Crippen molar-refractivity contribution >= 4 is 10.9 Å². The summed E-state index contributed by atoms with van der Waals surface area (Å²) in [5.74, 6) is 0. The van der Waals surface area contributed by atoms with Crippen LogP contribution in [0.5, 0.6) is 0 Å². The van der Waals surface area contributed by atoms with Crippen LogP contribution in [0.15, 0.2) is 72.9 Å². The first kappa shape index (κ1) is 22.8. The Morgan fingerprint density at radius 2 is 1.67 bits per heavy atom. The van der Waals surface area contributed by atoms with E-state index in [0.29, 0.717) is 0 Å². The fourth-order valence-electron chi connectivity index (χ4n) is 5.74. The van der Waals surface area contributed by atoms with E-state index in [-0.39, 0.29) is 0 Å². The highest BCUT2D eigenvalue weighted by molar-refractivity contribution is 5.85. The molecule has 0 saturated carbocycles. The molecule has 2 aromatic heterocycles. The van der Waals surface area contributed by atoms with Crippen molar-refractivity contribution in [3.63, 3.8) is 0 Å². The smallest absolute Gasteiger partial charge is 0.0789 e. The Morgan fingerprint density at radius 1 is 0.889 bits per heavy atom. The standard InChI is InChI=1S/C32H34N4/c1-4-23-11-8-12-24(5-2)31(23)36-32(26-13-14-29-25(19-26)15-17-33-29)28-21-35(18-16-30(28)34-36)20-27-10-7-6-9-22(27)3/h6-15,17,19,33H,4-5,16,18,20-21H2,1-3H3. The average Bonchev–Trinajstić information content (AvgIpc) is 3.53. The number of nitrogens with one attached hydrogen (secondary N) is 1. The van der Waals surface area contributed by atoms with E-state index in [1.807, 2.05) is 6.20 Å². The number of H-pyrrole nitrogens is 1. The highest BCUT2D eigenvalue weighted by Gasteiger charge is 2.28. The molecule has 0 radical (unpaired) electrons. The lowest BCUT2D eigenvalue weighted by atomic mass is 9.98. The van der Waals surface area contributed by atoms with Crippen molar-refractivity contribution in [2.45, 2.75) is 53.1 Å². The maximum atomic E-state index is 5.32. The largest absolute Gasteiger partial charge is 0.361 e. The van der Waals surface area contributed by atoms with Crippen molar-refractivity contribution in [2.24, 2.45) is 0 Å². The number of fused-ring (bicyclic) bond motifs is 2. The summed E-state index contributed by atoms with van der Waals surface area (Å²) in [5.41, 5.74) is 13.0. The van der Waals surface area contributed by atoms with Crippen LogP contribution in [0.4, 0.5) is 0 Å². The monoisotopic (exact) mass is 474 g/mol. The number of benzene rings is 3. The van der Waals surface area contributed by atoms with Crippen molar-refractivity contribution in [1.29, 1.82) is 0 Å². The van der Waals surface area contributed by atoms with Gasteiger partial charge in [-0.2, -0.15) is 5.10 Å². The first-order chi connectivity index (χ1) is 17.7. The number of aromatic nitrogens is 3. The molecule has 0 saturated heterocycles. The Bertz CT molecular complexity index is 1520. The van der Waals surface area contributed by atoms with Crippen molar-refractivity contribution in [3.05, 3.63) is 106 Å². The molecule has 1 N–H and O–H groups in total. The highest BCUT2D eigenvalue weighted by Crippen LogP contribution is 2.36. The van der Waals surface area contributed by atoms with E-state index in [2.05, 4.69) is 102 Å². The molecule has 0 spiro atoms. The minimum Gasteiger partial charge on any atom is -0.361 e. The van der Waals surface area contributed by atoms with E-state index in [4.69, 9.17) is 5.10 Å². The molecule has 4 nitrogen and oxygen atoms in total. The van der Waals surface area contributed by atoms with E-state index >= 15 is 0 Å². The molecular weight excluding hydrogens is 440 g/mol. The predicted molar refractivity (Wildman–Crippen MR) is 149 cm³/mol. The second kappa shape index (κ2) is 9.44. The molecule has 0 atom stereocenters. The average molecular weight is 475 g/mol. The van der Waals surface area contributed by atoms with Gasteiger partial charge in [-0.25, -0.2) is 4.68 Å². The number of hydrogen-bond donors (Lipinski definition) is 1. The molecule has 3 aromatic carbocycles. The molecule has 6 rings (SSSR count). The Labute approximate surface area is 213 Å². The van der Waals surface area contributed by atoms with Gasteiger partial charge < -0.3 is 4.98 Å². The van der Waals surface area contributed by atoms with Gasteiger partial charge >= 0.3 is 0 Å². The van der Waals surface area contributed by atoms with Crippen LogP contribution in [-0.2, 0) is 32.4 Å². The van der Waals surface area contributed by atoms with Crippen LogP contribution < -0.4 is 0 Å². The summed E-state index contributed by atoms with van der Waals surface area (Å²) in [6, 6.07) is 24.4. The van der Waals surface area contributed by atoms with Crippen molar-refractivity contribution in [3.8, 4) is 16.9 Å². The highest BCUT2D eigenvalue weighted by atomic mass is 15.3. The van der Waals surface area contributed by atoms with Crippen LogP contribution in [0.2, 0.25) is 0 Å². The summed E-state index contributed by atoms with van der Waals surface area (Å²) < 4.78 is 2.29. The number of nitrogens with zero attached hydrogens (tertiary/aromatic N) is 3. The predicted octanol–water partition coefficient (Wildman–Crippen LogP) is 7.01. The molecule has 4 heteroatoms. The fraction of sp³-hybridized carbons (Fsp3) is 0.281. The third-order valence-corrected chi connectivity index (χ3v) is 7.77. The summed E-state index contributed by atoms with van der Waals surface area (Å²) >= 11 is 0. The van der Waals surface area contributed by atoms with Gasteiger partial charge in [0, 0.05) is 54.3 Å². The molecule has 0 aliphatic carbocycles. The van der Waals surface area contributed by atoms with Gasteiger partial charge in [0.15, 0.2) is 0 Å². The van der Waals surface area contributed by atoms with E-state index in [1.165, 1.54) is 61.4 Å². The molecule has 3 heterocycles. The summed E-state index contributed by atoms with van der Waals surface area (Å²) in [5, 5.41) is 6.56. The van der Waals surface area contributed by atoms with E-state index in [1.54, 1.807) is 0 Å². The van der Waals surface area contributed by atoms with Gasteiger partial charge in [0.25, 0.3) is 0 Å². The van der Waals surface area contributed by atoms with Gasteiger partial charge in [0.1, 0.15) is 0 Å². The van der Waals surface area contributed by atoms with Crippen LogP contribution in [0.1, 0.15) is 47.4 Å². The molecule has 0 unspecified atom stereocenters. The van der Waals surface area contributed by atoms with Crippen LogP contribution in [0.25, 0.3) is 27.8 Å². The Morgan fingerprint density at radius 3 is 2.44 bits per heavy atom. The third-order valence-electron chi connectivity index (χ3n) is 7.77. The summed E-state index contributed by atoms with van der Waals surface area (Å²) in [6.07, 6.45) is 4.98. The molecule has 0 fully saturated rings. The summed E-state index contributed by atoms with van der Waals surface area (Å²) in [7, 11) is 0. The van der Waals surface area contributed by atoms with Crippen molar-refractivity contribution in [1.82, 2.24) is 19.7 Å². The number of para-hydroxylation sites is 1. The minimum absolute atomic E-state index is 0.917. The molecule has 0 amide bonds. The van der Waals surface area contributed by atoms with E-state index in [0.717, 1.165) is 38.9 Å². The van der Waals surface area contributed by atoms with Crippen LogP contribution in [-0.4, -0.2) is 26.2 Å². The summed E-state index contributed by atoms with van der Waals surface area (Å²) in [4.78, 5) is 5.93. The molecule has 36 heavy (non-hydrogen) atoms. The third kappa shape index (κ3) is 3.96. The second-order valence-electron chi connectivity index (χ2n) is 9.98. The molecular formula is C32H34N4. The maximum absolute atomic E-state index is 5.32. The second-order valence-corrected chi connectivity index (χ2v) is 9.98. The van der Waals surface area contributed by atoms with Gasteiger partial charge in [-0.3, -0.25) is 4.90 Å². The van der Waals surface area contributed by atoms with E-state index < -0.39 is 0 Å². The quantitative estimate of drug-likeness (QED) is 0.287. The van der Waals surface area contributed by atoms with Crippen LogP contribution >= 0.6 is 0 Å². The minimum atomic E-state index is 0.917. The normalized spacial score (nSPS) is 13.9. The van der Waals surface area contributed by atoms with Gasteiger partial charge in [0.05, 0.1) is 17.1 Å². The lowest BCUT2D eigenvalue weighted by Gasteiger charge is -2.27. The molecule has 182 valence electrons. The Hall–Kier alpha value is -3.63. The fourth-order valence-corrected chi connectivity index (χ4v) is 5.74. The topological polar surface area (TPSA) is 36.9 Å². The number of hydrogen-bond acceptors (Lipinski definition) is 2. The van der Waals surface area contributed by atoms with Crippen LogP contribution in [0, 0.1) is 6.92 Å². The number of aryl methyl sites for hydroxylation is 3. The van der Waals surface area contributed by atoms with Gasteiger partial charge in [0.2, 0.25) is 0 Å². The van der Waals surface area contributed by atoms with Gasteiger partial charge in [-0.05, 0) is 60.2 Å². The number of aromatic amines is 1. The SMILES string of the molecule is CCc1cccc(CC)c1-n1nc2c(c1-c1ccc3[nH]ccc3c1)CN(Cc1ccccc1C)CC2. The zero-order chi connectivity index (χ0) is 24.6. The van der Waals surface area contributed by atoms with Gasteiger partial charge in [-0.1, -0.05) is 62.4 Å². The number of rotatable bonds is 6. The Kier molecular flexibility index (Phi) is 5.98. The van der Waals surface area contributed by atoms with E-state index in [9.17, 15) is 0 Å². The zero-order valence-corrected chi connectivity index (χ0v) is 21.5. The van der Waals surface area contributed by atoms with Crippen molar-refractivity contribution < 1.29 is 0 Å². The van der Waals surface area contributed by atoms with Crippen molar-refractivity contribution in [2.75, 3.05) is 6.54 Å². The maximum Gasteiger partial charge on any atom is 0.0789 e. The zero-order valence-electron chi connectivity index (χ0n) is 21.5. The lowest BCUT2D eigenvalue weighted by molar-refractivity contribution is 0.244. The lowest BCUT2D eigenvalue weighted by Crippen LogP contribution is -2.30.